The summed E-state index contributed by atoms with van der Waals surface area (Å²) in [5, 5.41) is 7.92. The van der Waals surface area contributed by atoms with E-state index in [4.69, 9.17) is 0 Å². The lowest BCUT2D eigenvalue weighted by Gasteiger charge is -2.29. The molecule has 0 unspecified atom stereocenters. The van der Waals surface area contributed by atoms with Crippen molar-refractivity contribution in [1.29, 1.82) is 0 Å². The van der Waals surface area contributed by atoms with Crippen molar-refractivity contribution in [3.8, 4) is 0 Å². The molecule has 0 radical (unpaired) electrons. The SMILES string of the molecule is Cc1nn(C)cc1CNCC1CCN(C)CC1. The number of piperidine rings is 1. The molecule has 1 aliphatic heterocycles. The van der Waals surface area contributed by atoms with Gasteiger partial charge < -0.3 is 10.2 Å². The molecule has 0 aromatic carbocycles. The van der Waals surface area contributed by atoms with Crippen LogP contribution in [0.1, 0.15) is 24.1 Å². The molecule has 0 spiro atoms. The molecule has 2 heterocycles. The Hall–Kier alpha value is -0.870. The molecule has 2 rings (SSSR count). The van der Waals surface area contributed by atoms with Gasteiger partial charge in [0.2, 0.25) is 0 Å². The molecular weight excluding hydrogens is 212 g/mol. The molecule has 1 N–H and O–H groups in total. The first-order valence-corrected chi connectivity index (χ1v) is 6.53. The lowest BCUT2D eigenvalue weighted by Crippen LogP contribution is -2.34. The third kappa shape index (κ3) is 3.54. The number of rotatable bonds is 4. The summed E-state index contributed by atoms with van der Waals surface area (Å²) < 4.78 is 1.89. The first-order valence-electron chi connectivity index (χ1n) is 6.53. The van der Waals surface area contributed by atoms with Crippen molar-refractivity contribution in [3.05, 3.63) is 17.5 Å². The Morgan fingerprint density at radius 2 is 2.06 bits per heavy atom. The summed E-state index contributed by atoms with van der Waals surface area (Å²) in [7, 11) is 4.19. The maximum absolute atomic E-state index is 4.36. The molecule has 1 aliphatic rings. The molecule has 0 saturated carbocycles. The Kier molecular flexibility index (Phi) is 4.18. The second-order valence-corrected chi connectivity index (χ2v) is 5.29. The van der Waals surface area contributed by atoms with Gasteiger partial charge in [-0.3, -0.25) is 4.68 Å². The van der Waals surface area contributed by atoms with Crippen LogP contribution >= 0.6 is 0 Å². The van der Waals surface area contributed by atoms with E-state index in [1.807, 2.05) is 11.7 Å². The van der Waals surface area contributed by atoms with Crippen LogP contribution < -0.4 is 5.32 Å². The first kappa shape index (κ1) is 12.6. The summed E-state index contributed by atoms with van der Waals surface area (Å²) in [6.07, 6.45) is 4.77. The Labute approximate surface area is 104 Å². The molecule has 4 heteroatoms. The molecular formula is C13H24N4. The minimum Gasteiger partial charge on any atom is -0.312 e. The highest BCUT2D eigenvalue weighted by molar-refractivity contribution is 5.14. The lowest BCUT2D eigenvalue weighted by molar-refractivity contribution is 0.216. The van der Waals surface area contributed by atoms with Gasteiger partial charge in [-0.1, -0.05) is 0 Å². The molecule has 17 heavy (non-hydrogen) atoms. The normalized spacial score (nSPS) is 18.8. The van der Waals surface area contributed by atoms with E-state index >= 15 is 0 Å². The average molecular weight is 236 g/mol. The molecule has 96 valence electrons. The van der Waals surface area contributed by atoms with E-state index in [1.165, 1.54) is 31.5 Å². The molecule has 1 saturated heterocycles. The Morgan fingerprint density at radius 1 is 1.35 bits per heavy atom. The second kappa shape index (κ2) is 5.65. The molecule has 0 amide bonds. The van der Waals surface area contributed by atoms with Gasteiger partial charge in [-0.15, -0.1) is 0 Å². The van der Waals surface area contributed by atoms with Crippen LogP contribution in [-0.4, -0.2) is 41.4 Å². The van der Waals surface area contributed by atoms with Crippen molar-refractivity contribution in [2.75, 3.05) is 26.7 Å². The van der Waals surface area contributed by atoms with Crippen LogP contribution in [0.25, 0.3) is 0 Å². The minimum atomic E-state index is 0.850. The quantitative estimate of drug-likeness (QED) is 0.851. The van der Waals surface area contributed by atoms with Crippen molar-refractivity contribution < 1.29 is 0 Å². The zero-order valence-electron chi connectivity index (χ0n) is 11.2. The zero-order chi connectivity index (χ0) is 12.3. The third-order valence-electron chi connectivity index (χ3n) is 3.70. The van der Waals surface area contributed by atoms with Crippen LogP contribution in [-0.2, 0) is 13.6 Å². The highest BCUT2D eigenvalue weighted by Gasteiger charge is 2.16. The summed E-state index contributed by atoms with van der Waals surface area (Å²) in [6, 6.07) is 0. The molecule has 0 aliphatic carbocycles. The molecule has 0 atom stereocenters. The summed E-state index contributed by atoms with van der Waals surface area (Å²) in [5.41, 5.74) is 2.46. The standard InChI is InChI=1S/C13H24N4/c1-11-13(10-17(3)15-11)9-14-8-12-4-6-16(2)7-5-12/h10,12,14H,4-9H2,1-3H3. The molecule has 1 aromatic rings. The summed E-state index contributed by atoms with van der Waals surface area (Å²) in [6.45, 7) is 6.66. The van der Waals surface area contributed by atoms with Crippen molar-refractivity contribution in [1.82, 2.24) is 20.0 Å². The average Bonchev–Trinajstić information content (AvgIpc) is 2.60. The van der Waals surface area contributed by atoms with Crippen LogP contribution in [0.15, 0.2) is 6.20 Å². The summed E-state index contributed by atoms with van der Waals surface area (Å²) in [5.74, 6) is 0.850. The first-order chi connectivity index (χ1) is 8.15. The third-order valence-corrected chi connectivity index (χ3v) is 3.70. The Balaban J connectivity index is 1.71. The topological polar surface area (TPSA) is 33.1 Å². The van der Waals surface area contributed by atoms with Gasteiger partial charge in [0.1, 0.15) is 0 Å². The van der Waals surface area contributed by atoms with E-state index in [1.54, 1.807) is 0 Å². The van der Waals surface area contributed by atoms with Gasteiger partial charge in [-0.2, -0.15) is 5.10 Å². The van der Waals surface area contributed by atoms with Crippen molar-refractivity contribution >= 4 is 0 Å². The van der Waals surface area contributed by atoms with Crippen LogP contribution in [0.4, 0.5) is 0 Å². The predicted octanol–water partition coefficient (Wildman–Crippen LogP) is 1.16. The highest BCUT2D eigenvalue weighted by atomic mass is 15.2. The largest absolute Gasteiger partial charge is 0.312 e. The van der Waals surface area contributed by atoms with E-state index in [0.717, 1.165) is 24.7 Å². The fourth-order valence-electron chi connectivity index (χ4n) is 2.50. The fraction of sp³-hybridized carbons (Fsp3) is 0.769. The lowest BCUT2D eigenvalue weighted by atomic mass is 9.97. The van der Waals surface area contributed by atoms with Crippen LogP contribution in [0.5, 0.6) is 0 Å². The van der Waals surface area contributed by atoms with Gasteiger partial charge in [0.25, 0.3) is 0 Å². The Morgan fingerprint density at radius 3 is 2.65 bits per heavy atom. The summed E-state index contributed by atoms with van der Waals surface area (Å²) >= 11 is 0. The van der Waals surface area contributed by atoms with Crippen LogP contribution in [0.2, 0.25) is 0 Å². The molecule has 1 aromatic heterocycles. The van der Waals surface area contributed by atoms with E-state index in [0.29, 0.717) is 0 Å². The maximum atomic E-state index is 4.36. The van der Waals surface area contributed by atoms with Gasteiger partial charge in [0.05, 0.1) is 5.69 Å². The number of nitrogens with one attached hydrogen (secondary N) is 1. The zero-order valence-corrected chi connectivity index (χ0v) is 11.2. The molecule has 1 fully saturated rings. The second-order valence-electron chi connectivity index (χ2n) is 5.29. The van der Waals surface area contributed by atoms with E-state index < -0.39 is 0 Å². The van der Waals surface area contributed by atoms with E-state index in [2.05, 4.69) is 35.5 Å². The predicted molar refractivity (Wildman–Crippen MR) is 69.9 cm³/mol. The highest BCUT2D eigenvalue weighted by Crippen LogP contribution is 2.15. The van der Waals surface area contributed by atoms with Gasteiger partial charge in [-0.25, -0.2) is 0 Å². The number of aromatic nitrogens is 2. The number of hydrogen-bond acceptors (Lipinski definition) is 3. The smallest absolute Gasteiger partial charge is 0.0638 e. The molecule has 0 bridgehead atoms. The summed E-state index contributed by atoms with van der Waals surface area (Å²) in [4.78, 5) is 2.42. The number of nitrogens with zero attached hydrogens (tertiary/aromatic N) is 3. The van der Waals surface area contributed by atoms with Gasteiger partial charge in [0.15, 0.2) is 0 Å². The van der Waals surface area contributed by atoms with Crippen LogP contribution in [0.3, 0.4) is 0 Å². The van der Waals surface area contributed by atoms with Gasteiger partial charge >= 0.3 is 0 Å². The maximum Gasteiger partial charge on any atom is 0.0638 e. The van der Waals surface area contributed by atoms with Crippen molar-refractivity contribution in [2.24, 2.45) is 13.0 Å². The molecule has 4 nitrogen and oxygen atoms in total. The number of likely N-dealkylation sites (tertiary alicyclic amines) is 1. The fourth-order valence-corrected chi connectivity index (χ4v) is 2.50. The Bertz CT molecular complexity index is 350. The van der Waals surface area contributed by atoms with Crippen molar-refractivity contribution in [3.63, 3.8) is 0 Å². The number of aryl methyl sites for hydroxylation is 2. The van der Waals surface area contributed by atoms with Gasteiger partial charge in [0, 0.05) is 25.4 Å². The van der Waals surface area contributed by atoms with Crippen LogP contribution in [0, 0.1) is 12.8 Å². The van der Waals surface area contributed by atoms with E-state index in [-0.39, 0.29) is 0 Å². The number of hydrogen-bond donors (Lipinski definition) is 1. The monoisotopic (exact) mass is 236 g/mol. The van der Waals surface area contributed by atoms with Crippen molar-refractivity contribution in [2.45, 2.75) is 26.3 Å². The minimum absolute atomic E-state index is 0.850. The van der Waals surface area contributed by atoms with Gasteiger partial charge in [-0.05, 0) is 52.4 Å². The van der Waals surface area contributed by atoms with E-state index in [9.17, 15) is 0 Å².